The fourth-order valence-corrected chi connectivity index (χ4v) is 7.80. The SMILES string of the molecule is Cc1c(F)c(F)cc2c(=O)[nH]c(=O)n(C3CC3)c12.Cc1c(N2CCC(C(N)CC#N)C2)c(F)cc2c(=O)[nH]c(=O)n(C3CC3)c12.N#CCC(N)C1CCNC1. The molecule has 4 aliphatic rings. The van der Waals surface area contributed by atoms with E-state index in [9.17, 15) is 32.3 Å². The number of rotatable bonds is 7. The first kappa shape index (κ1) is 39.5. The van der Waals surface area contributed by atoms with Crippen LogP contribution in [0.4, 0.5) is 18.9 Å². The highest BCUT2D eigenvalue weighted by molar-refractivity contribution is 5.87. The van der Waals surface area contributed by atoms with Gasteiger partial charge in [0.1, 0.15) is 5.82 Å². The van der Waals surface area contributed by atoms with Gasteiger partial charge in [-0.3, -0.25) is 28.7 Å². The molecule has 2 aromatic heterocycles. The number of aromatic amines is 2. The van der Waals surface area contributed by atoms with E-state index >= 15 is 0 Å². The molecule has 4 heterocycles. The number of aromatic nitrogens is 4. The second-order valence-electron chi connectivity index (χ2n) is 14.9. The van der Waals surface area contributed by atoms with E-state index in [-0.39, 0.29) is 58.4 Å². The number of fused-ring (bicyclic) bond motifs is 2. The number of nitrogens with two attached hydrogens (primary N) is 2. The highest BCUT2D eigenvalue weighted by atomic mass is 19.2. The molecule has 0 radical (unpaired) electrons. The second kappa shape index (κ2) is 16.2. The lowest BCUT2D eigenvalue weighted by Gasteiger charge is -2.24. The van der Waals surface area contributed by atoms with Crippen LogP contribution < -0.4 is 44.2 Å². The summed E-state index contributed by atoms with van der Waals surface area (Å²) in [5.41, 5.74) is 11.3. The second-order valence-corrected chi connectivity index (χ2v) is 14.9. The van der Waals surface area contributed by atoms with Crippen molar-refractivity contribution >= 4 is 27.5 Å². The zero-order valence-corrected chi connectivity index (χ0v) is 30.8. The van der Waals surface area contributed by atoms with Gasteiger partial charge in [-0.25, -0.2) is 22.8 Å². The topological polar surface area (TPSA) is 225 Å². The molecule has 4 fully saturated rings. The molecule has 2 saturated carbocycles. The summed E-state index contributed by atoms with van der Waals surface area (Å²) >= 11 is 0. The van der Waals surface area contributed by atoms with Gasteiger partial charge in [-0.05, 0) is 89.4 Å². The number of nitrogens with one attached hydrogen (secondary N) is 3. The number of nitriles is 2. The van der Waals surface area contributed by atoms with Gasteiger partial charge in [-0.1, -0.05) is 0 Å². The first-order valence-electron chi connectivity index (χ1n) is 18.6. The summed E-state index contributed by atoms with van der Waals surface area (Å²) in [5, 5.41) is 20.6. The molecule has 2 aliphatic heterocycles. The molecule has 292 valence electrons. The van der Waals surface area contributed by atoms with Gasteiger partial charge < -0.3 is 21.7 Å². The Hall–Kier alpha value is -5.23. The Morgan fingerprint density at radius 2 is 1.27 bits per heavy atom. The summed E-state index contributed by atoms with van der Waals surface area (Å²) in [7, 11) is 0. The van der Waals surface area contributed by atoms with E-state index in [2.05, 4.69) is 27.4 Å². The number of nitrogens with zero attached hydrogens (tertiary/aromatic N) is 5. The first-order chi connectivity index (χ1) is 26.3. The number of halogens is 3. The van der Waals surface area contributed by atoms with E-state index in [4.69, 9.17) is 22.0 Å². The summed E-state index contributed by atoms with van der Waals surface area (Å²) < 4.78 is 44.8. The monoisotopic (exact) mass is 762 g/mol. The Kier molecular flexibility index (Phi) is 11.7. The predicted molar refractivity (Wildman–Crippen MR) is 201 cm³/mol. The summed E-state index contributed by atoms with van der Waals surface area (Å²) in [6.45, 7) is 6.37. The minimum Gasteiger partial charge on any atom is -0.369 e. The third kappa shape index (κ3) is 8.10. The van der Waals surface area contributed by atoms with Gasteiger partial charge in [0.25, 0.3) is 11.1 Å². The lowest BCUT2D eigenvalue weighted by atomic mass is 9.97. The molecule has 0 spiro atoms. The van der Waals surface area contributed by atoms with E-state index in [0.717, 1.165) is 57.7 Å². The molecule has 4 aromatic rings. The van der Waals surface area contributed by atoms with Crippen molar-refractivity contribution in [2.75, 3.05) is 31.1 Å². The van der Waals surface area contributed by atoms with Crippen LogP contribution in [-0.4, -0.2) is 57.4 Å². The average molecular weight is 763 g/mol. The Labute approximate surface area is 313 Å². The van der Waals surface area contributed by atoms with Gasteiger partial charge in [0, 0.05) is 48.4 Å². The minimum atomic E-state index is -1.08. The number of H-pyrrole nitrogens is 2. The predicted octanol–water partition coefficient (Wildman–Crippen LogP) is 2.99. The first-order valence-corrected chi connectivity index (χ1v) is 18.6. The van der Waals surface area contributed by atoms with Crippen LogP contribution in [0.5, 0.6) is 0 Å². The molecule has 0 bridgehead atoms. The van der Waals surface area contributed by atoms with Crippen molar-refractivity contribution in [3.8, 4) is 12.1 Å². The van der Waals surface area contributed by atoms with Crippen molar-refractivity contribution in [1.29, 1.82) is 10.5 Å². The molecule has 7 N–H and O–H groups in total. The Morgan fingerprint density at radius 3 is 1.76 bits per heavy atom. The zero-order valence-electron chi connectivity index (χ0n) is 30.8. The van der Waals surface area contributed by atoms with Crippen molar-refractivity contribution in [3.05, 3.63) is 82.4 Å². The van der Waals surface area contributed by atoms with Gasteiger partial charge in [0.2, 0.25) is 0 Å². The average Bonchev–Trinajstić information content (AvgIpc) is 4.05. The molecule has 2 saturated heterocycles. The maximum Gasteiger partial charge on any atom is 0.329 e. The smallest absolute Gasteiger partial charge is 0.329 e. The largest absolute Gasteiger partial charge is 0.369 e. The van der Waals surface area contributed by atoms with Crippen LogP contribution in [0.3, 0.4) is 0 Å². The van der Waals surface area contributed by atoms with Gasteiger partial charge in [0.15, 0.2) is 11.6 Å². The van der Waals surface area contributed by atoms with Crippen LogP contribution in [0, 0.1) is 65.8 Å². The fraction of sp³-hybridized carbons (Fsp3) is 0.526. The van der Waals surface area contributed by atoms with E-state index < -0.39 is 39.9 Å². The van der Waals surface area contributed by atoms with Gasteiger partial charge in [0.05, 0.1) is 52.5 Å². The molecule has 2 aliphatic carbocycles. The quantitative estimate of drug-likeness (QED) is 0.185. The maximum absolute atomic E-state index is 15.0. The molecule has 4 unspecified atom stereocenters. The molecule has 14 nitrogen and oxygen atoms in total. The van der Waals surface area contributed by atoms with Crippen molar-refractivity contribution in [3.63, 3.8) is 0 Å². The molecular formula is C38H45F3N10O4. The van der Waals surface area contributed by atoms with Crippen molar-refractivity contribution < 1.29 is 13.2 Å². The van der Waals surface area contributed by atoms with Crippen molar-refractivity contribution in [2.24, 2.45) is 23.3 Å². The van der Waals surface area contributed by atoms with Gasteiger partial charge in [-0.2, -0.15) is 10.5 Å². The number of hydrogen-bond donors (Lipinski definition) is 5. The Morgan fingerprint density at radius 1 is 0.764 bits per heavy atom. The van der Waals surface area contributed by atoms with E-state index in [1.54, 1.807) is 11.5 Å². The Bertz CT molecular complexity index is 2430. The molecule has 0 amide bonds. The molecular weight excluding hydrogens is 717 g/mol. The summed E-state index contributed by atoms with van der Waals surface area (Å²) in [6, 6.07) is 6.13. The minimum absolute atomic E-state index is 0.0000926. The van der Waals surface area contributed by atoms with Crippen LogP contribution in [0.2, 0.25) is 0 Å². The summed E-state index contributed by atoms with van der Waals surface area (Å²) in [4.78, 5) is 54.4. The normalized spacial score (nSPS) is 20.3. The van der Waals surface area contributed by atoms with Gasteiger partial charge >= 0.3 is 11.4 Å². The van der Waals surface area contributed by atoms with Crippen LogP contribution in [0.1, 0.15) is 74.6 Å². The maximum atomic E-state index is 15.0. The van der Waals surface area contributed by atoms with Crippen LogP contribution in [0.25, 0.3) is 21.8 Å². The van der Waals surface area contributed by atoms with Crippen LogP contribution in [-0.2, 0) is 0 Å². The highest BCUT2D eigenvalue weighted by Crippen LogP contribution is 2.40. The standard InChI is InChI=1S/C19H22FN5O2.C12H10F2N2O2.C7H13N3/c1-10-16-13(18(26)23-19(27)25(16)12-2-3-12)8-14(20)17(10)24-7-5-11(9-24)15(22)4-6-21;1-5-9(14)8(13)4-7-10(5)16(6-2-3-6)12(18)15-11(7)17;8-3-1-7(9)6-2-4-10-5-6/h8,11-12,15H,2-5,7,9,22H2,1H3,(H,23,26,27);4,6H,2-3H2,1H3,(H,15,17,18);6-7,10H,1-2,4-5,9H2. The third-order valence-electron chi connectivity index (χ3n) is 11.1. The van der Waals surface area contributed by atoms with Crippen LogP contribution in [0.15, 0.2) is 31.3 Å². The highest BCUT2D eigenvalue weighted by Gasteiger charge is 2.33. The fourth-order valence-electron chi connectivity index (χ4n) is 7.80. The molecule has 8 rings (SSSR count). The number of aryl methyl sites for hydroxylation is 2. The molecule has 17 heteroatoms. The lowest BCUT2D eigenvalue weighted by molar-refractivity contribution is 0.460. The van der Waals surface area contributed by atoms with Crippen molar-refractivity contribution in [2.45, 2.75) is 89.4 Å². The zero-order chi connectivity index (χ0) is 39.7. The number of anilines is 1. The Balaban J connectivity index is 0.000000157. The third-order valence-corrected chi connectivity index (χ3v) is 11.1. The molecule has 55 heavy (non-hydrogen) atoms. The van der Waals surface area contributed by atoms with E-state index in [0.29, 0.717) is 42.2 Å². The van der Waals surface area contributed by atoms with Gasteiger partial charge in [-0.15, -0.1) is 0 Å². The molecule has 4 atom stereocenters. The van der Waals surface area contributed by atoms with Crippen LogP contribution >= 0.6 is 0 Å². The number of hydrogen-bond acceptors (Lipinski definition) is 10. The van der Waals surface area contributed by atoms with E-state index in [1.165, 1.54) is 17.6 Å². The lowest BCUT2D eigenvalue weighted by Crippen LogP contribution is -2.33. The number of benzene rings is 2. The summed E-state index contributed by atoms with van der Waals surface area (Å²) in [5.74, 6) is -1.92. The molecule has 2 aromatic carbocycles. The van der Waals surface area contributed by atoms with E-state index in [1.807, 2.05) is 4.90 Å². The summed E-state index contributed by atoms with van der Waals surface area (Å²) in [6.07, 6.45) is 6.04. The van der Waals surface area contributed by atoms with Crippen molar-refractivity contribution in [1.82, 2.24) is 24.4 Å².